The highest BCUT2D eigenvalue weighted by molar-refractivity contribution is 7.17. The van der Waals surface area contributed by atoms with Crippen molar-refractivity contribution in [1.82, 2.24) is 5.32 Å². The van der Waals surface area contributed by atoms with Crippen molar-refractivity contribution < 1.29 is 9.66 Å². The van der Waals surface area contributed by atoms with E-state index >= 15 is 0 Å². The molecule has 0 aromatic carbocycles. The fourth-order valence-electron chi connectivity index (χ4n) is 1.56. The number of ether oxygens (including phenoxy) is 1. The minimum absolute atomic E-state index is 0.133. The van der Waals surface area contributed by atoms with E-state index in [0.29, 0.717) is 5.06 Å². The number of nitrogens with one attached hydrogen (secondary N) is 1. The number of hydrogen-bond acceptors (Lipinski definition) is 5. The van der Waals surface area contributed by atoms with Gasteiger partial charge in [0.1, 0.15) is 6.10 Å². The first-order valence-electron chi connectivity index (χ1n) is 4.87. The van der Waals surface area contributed by atoms with Crippen LogP contribution in [0.1, 0.15) is 12.8 Å². The van der Waals surface area contributed by atoms with E-state index in [-0.39, 0.29) is 11.1 Å². The van der Waals surface area contributed by atoms with E-state index in [2.05, 4.69) is 5.32 Å². The second-order valence-corrected chi connectivity index (χ2v) is 4.46. The van der Waals surface area contributed by atoms with E-state index in [4.69, 9.17) is 4.74 Å². The number of piperidine rings is 1. The van der Waals surface area contributed by atoms with Crippen LogP contribution < -0.4 is 10.1 Å². The van der Waals surface area contributed by atoms with Gasteiger partial charge in [-0.3, -0.25) is 10.1 Å². The number of thiophene rings is 1. The molecule has 0 amide bonds. The summed E-state index contributed by atoms with van der Waals surface area (Å²) < 4.78 is 5.64. The Bertz CT molecular complexity index is 347. The molecule has 1 aromatic rings. The van der Waals surface area contributed by atoms with Crippen molar-refractivity contribution in [3.05, 3.63) is 22.2 Å². The van der Waals surface area contributed by atoms with Crippen LogP contribution in [-0.4, -0.2) is 24.1 Å². The van der Waals surface area contributed by atoms with Crippen molar-refractivity contribution in [2.45, 2.75) is 18.9 Å². The molecule has 2 heterocycles. The van der Waals surface area contributed by atoms with Crippen LogP contribution >= 0.6 is 11.3 Å². The molecular weight excluding hydrogens is 216 g/mol. The van der Waals surface area contributed by atoms with Crippen molar-refractivity contribution >= 4 is 16.3 Å². The first-order valence-corrected chi connectivity index (χ1v) is 5.69. The second kappa shape index (κ2) is 4.59. The Morgan fingerprint density at radius 3 is 3.07 bits per heavy atom. The highest BCUT2D eigenvalue weighted by Crippen LogP contribution is 2.31. The van der Waals surface area contributed by atoms with Gasteiger partial charge in [0.2, 0.25) is 0 Å². The fraction of sp³-hybridized carbons (Fsp3) is 0.556. The quantitative estimate of drug-likeness (QED) is 0.632. The molecule has 0 aliphatic carbocycles. The third-order valence-corrected chi connectivity index (χ3v) is 3.21. The summed E-state index contributed by atoms with van der Waals surface area (Å²) >= 11 is 1.09. The molecule has 0 saturated carbocycles. The number of nitro groups is 1. The van der Waals surface area contributed by atoms with Crippen LogP contribution in [0.25, 0.3) is 0 Å². The summed E-state index contributed by atoms with van der Waals surface area (Å²) in [6.45, 7) is 1.86. The molecule has 2 rings (SSSR count). The molecule has 1 unspecified atom stereocenters. The summed E-state index contributed by atoms with van der Waals surface area (Å²) in [6.07, 6.45) is 2.26. The van der Waals surface area contributed by atoms with Crippen LogP contribution in [0.2, 0.25) is 0 Å². The van der Waals surface area contributed by atoms with Crippen molar-refractivity contribution in [2.24, 2.45) is 0 Å². The molecule has 82 valence electrons. The Kier molecular flexibility index (Phi) is 3.17. The lowest BCUT2D eigenvalue weighted by molar-refractivity contribution is -0.380. The van der Waals surface area contributed by atoms with Crippen molar-refractivity contribution in [3.63, 3.8) is 0 Å². The largest absolute Gasteiger partial charge is 0.479 e. The topological polar surface area (TPSA) is 64.4 Å². The molecule has 1 fully saturated rings. The van der Waals surface area contributed by atoms with Gasteiger partial charge in [-0.15, -0.1) is 0 Å². The van der Waals surface area contributed by atoms with E-state index in [1.54, 1.807) is 6.07 Å². The van der Waals surface area contributed by atoms with Gasteiger partial charge in [-0.1, -0.05) is 0 Å². The summed E-state index contributed by atoms with van der Waals surface area (Å²) in [6, 6.07) is 3.15. The van der Waals surface area contributed by atoms with Crippen LogP contribution in [0.5, 0.6) is 5.06 Å². The SMILES string of the molecule is O=[N+]([O-])c1ccc(OC2CCCNC2)s1. The maximum atomic E-state index is 10.5. The third kappa shape index (κ3) is 2.66. The van der Waals surface area contributed by atoms with E-state index < -0.39 is 4.92 Å². The maximum absolute atomic E-state index is 10.5. The molecule has 1 aliphatic rings. The van der Waals surface area contributed by atoms with Gasteiger partial charge in [-0.2, -0.15) is 0 Å². The van der Waals surface area contributed by atoms with Crippen molar-refractivity contribution in [3.8, 4) is 5.06 Å². The molecule has 5 nitrogen and oxygen atoms in total. The van der Waals surface area contributed by atoms with Gasteiger partial charge in [0.05, 0.1) is 4.92 Å². The zero-order valence-electron chi connectivity index (χ0n) is 8.14. The molecule has 1 N–H and O–H groups in total. The lowest BCUT2D eigenvalue weighted by atomic mass is 10.1. The Hall–Kier alpha value is -1.14. The highest BCUT2D eigenvalue weighted by atomic mass is 32.1. The van der Waals surface area contributed by atoms with E-state index in [1.165, 1.54) is 6.07 Å². The van der Waals surface area contributed by atoms with Gasteiger partial charge in [-0.25, -0.2) is 0 Å². The molecule has 1 aromatic heterocycles. The lowest BCUT2D eigenvalue weighted by Crippen LogP contribution is -2.36. The molecule has 0 bridgehead atoms. The van der Waals surface area contributed by atoms with Crippen LogP contribution in [0, 0.1) is 10.1 Å². The average Bonchev–Trinajstić information content (AvgIpc) is 2.68. The summed E-state index contributed by atoms with van der Waals surface area (Å²) in [7, 11) is 0. The van der Waals surface area contributed by atoms with Gasteiger partial charge < -0.3 is 10.1 Å². The van der Waals surface area contributed by atoms with E-state index in [1.807, 2.05) is 0 Å². The van der Waals surface area contributed by atoms with Gasteiger partial charge >= 0.3 is 5.00 Å². The minimum atomic E-state index is -0.392. The normalized spacial score (nSPS) is 21.2. The van der Waals surface area contributed by atoms with Crippen LogP contribution in [0.15, 0.2) is 12.1 Å². The van der Waals surface area contributed by atoms with E-state index in [0.717, 1.165) is 37.3 Å². The zero-order valence-corrected chi connectivity index (χ0v) is 8.96. The summed E-state index contributed by atoms with van der Waals surface area (Å²) in [4.78, 5) is 10.1. The molecule has 6 heteroatoms. The van der Waals surface area contributed by atoms with Crippen LogP contribution in [-0.2, 0) is 0 Å². The summed E-state index contributed by atoms with van der Waals surface area (Å²) in [5, 5.41) is 14.5. The van der Waals surface area contributed by atoms with Crippen molar-refractivity contribution in [1.29, 1.82) is 0 Å². The summed E-state index contributed by atoms with van der Waals surface area (Å²) in [5.41, 5.74) is 0. The Morgan fingerprint density at radius 1 is 1.60 bits per heavy atom. The van der Waals surface area contributed by atoms with Gasteiger partial charge in [0.15, 0.2) is 5.06 Å². The van der Waals surface area contributed by atoms with Crippen LogP contribution in [0.4, 0.5) is 5.00 Å². The first-order chi connectivity index (χ1) is 7.25. The average molecular weight is 228 g/mol. The Balaban J connectivity index is 1.94. The maximum Gasteiger partial charge on any atom is 0.327 e. The molecule has 1 aliphatic heterocycles. The molecule has 1 saturated heterocycles. The monoisotopic (exact) mass is 228 g/mol. The first kappa shape index (κ1) is 10.4. The van der Waals surface area contributed by atoms with Crippen LogP contribution in [0.3, 0.4) is 0 Å². The smallest absolute Gasteiger partial charge is 0.327 e. The van der Waals surface area contributed by atoms with Crippen molar-refractivity contribution in [2.75, 3.05) is 13.1 Å². The molecule has 0 spiro atoms. The fourth-order valence-corrected chi connectivity index (χ4v) is 2.29. The van der Waals surface area contributed by atoms with E-state index in [9.17, 15) is 10.1 Å². The second-order valence-electron chi connectivity index (χ2n) is 3.44. The van der Waals surface area contributed by atoms with Gasteiger partial charge in [-0.05, 0) is 36.8 Å². The third-order valence-electron chi connectivity index (χ3n) is 2.28. The predicted octanol–water partition coefficient (Wildman–Crippen LogP) is 1.79. The lowest BCUT2D eigenvalue weighted by Gasteiger charge is -2.22. The molecule has 1 atom stereocenters. The van der Waals surface area contributed by atoms with Gasteiger partial charge in [0, 0.05) is 12.6 Å². The molecule has 0 radical (unpaired) electrons. The minimum Gasteiger partial charge on any atom is -0.479 e. The number of hydrogen-bond donors (Lipinski definition) is 1. The van der Waals surface area contributed by atoms with Gasteiger partial charge in [0.25, 0.3) is 0 Å². The standard InChI is InChI=1S/C9H12N2O3S/c12-11(13)8-3-4-9(15-8)14-7-2-1-5-10-6-7/h3-4,7,10H,1-2,5-6H2. The molecular formula is C9H12N2O3S. The highest BCUT2D eigenvalue weighted by Gasteiger charge is 2.17. The predicted molar refractivity (Wildman–Crippen MR) is 57.5 cm³/mol. The zero-order chi connectivity index (χ0) is 10.7. The number of nitrogens with zero attached hydrogens (tertiary/aromatic N) is 1. The Labute approximate surface area is 91.2 Å². The Morgan fingerprint density at radius 2 is 2.47 bits per heavy atom. The number of rotatable bonds is 3. The molecule has 15 heavy (non-hydrogen) atoms. The summed E-state index contributed by atoms with van der Waals surface area (Å²) in [5.74, 6) is 0.